The molecule has 0 saturated heterocycles. The summed E-state index contributed by atoms with van der Waals surface area (Å²) in [6.45, 7) is 3.35. The highest BCUT2D eigenvalue weighted by Gasteiger charge is 2.13. The summed E-state index contributed by atoms with van der Waals surface area (Å²) in [7, 11) is 0. The van der Waals surface area contributed by atoms with Gasteiger partial charge >= 0.3 is 0 Å². The molecule has 1 aromatic rings. The van der Waals surface area contributed by atoms with Gasteiger partial charge in [0.15, 0.2) is 0 Å². The van der Waals surface area contributed by atoms with Crippen molar-refractivity contribution in [3.63, 3.8) is 0 Å². The van der Waals surface area contributed by atoms with E-state index in [-0.39, 0.29) is 17.1 Å². The summed E-state index contributed by atoms with van der Waals surface area (Å²) >= 11 is 0. The van der Waals surface area contributed by atoms with E-state index in [0.29, 0.717) is 0 Å². The van der Waals surface area contributed by atoms with E-state index in [9.17, 15) is 19.7 Å². The lowest BCUT2D eigenvalue weighted by Crippen LogP contribution is -2.14. The van der Waals surface area contributed by atoms with Crippen LogP contribution in [0.4, 0.5) is 17.1 Å². The monoisotopic (exact) mass is 289 g/mol. The minimum absolute atomic E-state index is 0.158. The summed E-state index contributed by atoms with van der Waals surface area (Å²) in [6, 6.07) is 3.80. The van der Waals surface area contributed by atoms with Gasteiger partial charge in [-0.05, 0) is 32.1 Å². The Morgan fingerprint density at radius 1 is 1.05 bits per heavy atom. The van der Waals surface area contributed by atoms with Gasteiger partial charge < -0.3 is 10.6 Å². The molecule has 110 valence electrons. The van der Waals surface area contributed by atoms with E-state index >= 15 is 0 Å². The summed E-state index contributed by atoms with van der Waals surface area (Å²) < 4.78 is 0. The van der Waals surface area contributed by atoms with Crippen molar-refractivity contribution < 1.29 is 14.5 Å². The van der Waals surface area contributed by atoms with Gasteiger partial charge in [0.1, 0.15) is 0 Å². The molecule has 7 heteroatoms. The predicted octanol–water partition coefficient (Wildman–Crippen LogP) is 2.62. The number of nitrogens with zero attached hydrogens (tertiary/aromatic N) is 1. The lowest BCUT2D eigenvalue weighted by Gasteiger charge is -2.10. The van der Waals surface area contributed by atoms with E-state index in [2.05, 4.69) is 10.6 Å². The molecular weight excluding hydrogens is 274 g/mol. The van der Waals surface area contributed by atoms with Crippen molar-refractivity contribution in [2.24, 2.45) is 0 Å². The molecule has 0 unspecified atom stereocenters. The molecule has 0 radical (unpaired) electrons. The Bertz CT molecular complexity index is 621. The minimum Gasteiger partial charge on any atom is -0.321 e. The van der Waals surface area contributed by atoms with Crippen molar-refractivity contribution in [1.82, 2.24) is 0 Å². The van der Waals surface area contributed by atoms with Crippen LogP contribution in [0.2, 0.25) is 0 Å². The molecule has 1 rings (SSSR count). The highest BCUT2D eigenvalue weighted by molar-refractivity contribution is 6.06. The minimum atomic E-state index is -0.580. The summed E-state index contributed by atoms with van der Waals surface area (Å²) in [5.74, 6) is -0.840. The molecule has 0 spiro atoms. The maximum absolute atomic E-state index is 11.6. The van der Waals surface area contributed by atoms with Gasteiger partial charge in [-0.3, -0.25) is 19.7 Å². The van der Waals surface area contributed by atoms with Gasteiger partial charge in [0, 0.05) is 12.1 Å². The maximum atomic E-state index is 11.6. The number of carbonyl (C=O) groups is 2. The molecule has 0 atom stereocenters. The second-order valence-corrected chi connectivity index (χ2v) is 3.97. The lowest BCUT2D eigenvalue weighted by atomic mass is 10.2. The molecule has 21 heavy (non-hydrogen) atoms. The van der Waals surface area contributed by atoms with Gasteiger partial charge in [0.25, 0.3) is 5.69 Å². The van der Waals surface area contributed by atoms with Gasteiger partial charge in [0.2, 0.25) is 11.8 Å². The van der Waals surface area contributed by atoms with Gasteiger partial charge in [0.05, 0.1) is 16.3 Å². The number of anilines is 2. The second-order valence-electron chi connectivity index (χ2n) is 3.97. The van der Waals surface area contributed by atoms with E-state index in [1.807, 2.05) is 0 Å². The van der Waals surface area contributed by atoms with Crippen LogP contribution in [-0.4, -0.2) is 16.7 Å². The van der Waals surface area contributed by atoms with E-state index in [0.717, 1.165) is 0 Å². The van der Waals surface area contributed by atoms with Gasteiger partial charge in [-0.25, -0.2) is 0 Å². The number of carbonyl (C=O) groups excluding carboxylic acids is 2. The zero-order valence-corrected chi connectivity index (χ0v) is 11.6. The van der Waals surface area contributed by atoms with Crippen molar-refractivity contribution in [2.45, 2.75) is 13.8 Å². The molecule has 0 fully saturated rings. The number of hydrogen-bond donors (Lipinski definition) is 2. The number of rotatable bonds is 5. The molecule has 0 aliphatic rings. The van der Waals surface area contributed by atoms with Crippen LogP contribution in [0.1, 0.15) is 13.8 Å². The zero-order chi connectivity index (χ0) is 15.8. The van der Waals surface area contributed by atoms with Crippen LogP contribution in [0.15, 0.2) is 42.5 Å². The molecule has 0 aliphatic heterocycles. The molecule has 7 nitrogen and oxygen atoms in total. The fraction of sp³-hybridized carbons (Fsp3) is 0.143. The quantitative estimate of drug-likeness (QED) is 0.494. The van der Waals surface area contributed by atoms with Crippen molar-refractivity contribution in [2.75, 3.05) is 10.6 Å². The van der Waals surface area contributed by atoms with Gasteiger partial charge in [-0.2, -0.15) is 0 Å². The summed E-state index contributed by atoms with van der Waals surface area (Å²) in [6.07, 6.45) is 5.67. The normalized spacial score (nSPS) is 10.8. The third-order valence-electron chi connectivity index (χ3n) is 2.37. The molecule has 2 N–H and O–H groups in total. The van der Waals surface area contributed by atoms with E-state index in [1.54, 1.807) is 19.9 Å². The number of allylic oxidation sites excluding steroid dienone is 2. The fourth-order valence-corrected chi connectivity index (χ4v) is 1.51. The number of benzene rings is 1. The largest absolute Gasteiger partial charge is 0.321 e. The number of hydrogen-bond acceptors (Lipinski definition) is 4. The standard InChI is InChI=1S/C14H15N3O4/c1-3-5-13(18)15-11-8-7-10(17(20)21)9-12(11)16-14(19)6-4-2/h3-9H,1-2H3,(H,15,18)(H,16,19)/b5-3-,6-4-. The Labute approximate surface area is 121 Å². The van der Waals surface area contributed by atoms with Crippen molar-refractivity contribution in [3.8, 4) is 0 Å². The fourth-order valence-electron chi connectivity index (χ4n) is 1.51. The SMILES string of the molecule is C/C=C\C(=O)Nc1ccc([N+](=O)[O-])cc1NC(=O)/C=C\C. The Morgan fingerprint density at radius 3 is 2.05 bits per heavy atom. The van der Waals surface area contributed by atoms with Crippen LogP contribution in [0.5, 0.6) is 0 Å². The Hall–Kier alpha value is -2.96. The molecule has 0 saturated carbocycles. The molecule has 0 aromatic heterocycles. The number of amides is 2. The average molecular weight is 289 g/mol. The zero-order valence-electron chi connectivity index (χ0n) is 11.6. The number of non-ortho nitro benzene ring substituents is 1. The third kappa shape index (κ3) is 4.90. The van der Waals surface area contributed by atoms with Crippen LogP contribution in [0, 0.1) is 10.1 Å². The van der Waals surface area contributed by atoms with Crippen LogP contribution in [0.25, 0.3) is 0 Å². The molecule has 2 amide bonds. The van der Waals surface area contributed by atoms with Crippen LogP contribution in [-0.2, 0) is 9.59 Å². The van der Waals surface area contributed by atoms with Gasteiger partial charge in [-0.1, -0.05) is 12.2 Å². The molecular formula is C14H15N3O4. The van der Waals surface area contributed by atoms with Crippen LogP contribution >= 0.6 is 0 Å². The maximum Gasteiger partial charge on any atom is 0.271 e. The summed E-state index contributed by atoms with van der Waals surface area (Å²) in [4.78, 5) is 33.3. The molecule has 0 bridgehead atoms. The number of nitrogens with one attached hydrogen (secondary N) is 2. The van der Waals surface area contributed by atoms with E-state index in [1.165, 1.54) is 36.4 Å². The second kappa shape index (κ2) is 7.59. The number of nitro benzene ring substituents is 1. The third-order valence-corrected chi connectivity index (χ3v) is 2.37. The highest BCUT2D eigenvalue weighted by Crippen LogP contribution is 2.27. The number of nitro groups is 1. The lowest BCUT2D eigenvalue weighted by molar-refractivity contribution is -0.384. The first-order chi connectivity index (χ1) is 9.97. The van der Waals surface area contributed by atoms with Crippen LogP contribution in [0.3, 0.4) is 0 Å². The van der Waals surface area contributed by atoms with Crippen molar-refractivity contribution in [3.05, 3.63) is 52.6 Å². The predicted molar refractivity (Wildman–Crippen MR) is 80.0 cm³/mol. The molecule has 0 heterocycles. The Kier molecular flexibility index (Phi) is 5.81. The smallest absolute Gasteiger partial charge is 0.271 e. The highest BCUT2D eigenvalue weighted by atomic mass is 16.6. The van der Waals surface area contributed by atoms with Gasteiger partial charge in [-0.15, -0.1) is 0 Å². The summed E-state index contributed by atoms with van der Waals surface area (Å²) in [5.41, 5.74) is 0.251. The summed E-state index contributed by atoms with van der Waals surface area (Å²) in [5, 5.41) is 15.8. The topological polar surface area (TPSA) is 101 Å². The first-order valence-corrected chi connectivity index (χ1v) is 6.13. The Balaban J connectivity index is 3.13. The molecule has 0 aliphatic carbocycles. The first-order valence-electron chi connectivity index (χ1n) is 6.13. The van der Waals surface area contributed by atoms with E-state index < -0.39 is 16.7 Å². The van der Waals surface area contributed by atoms with Crippen molar-refractivity contribution >= 4 is 28.9 Å². The van der Waals surface area contributed by atoms with Crippen molar-refractivity contribution in [1.29, 1.82) is 0 Å². The molecule has 1 aromatic carbocycles. The van der Waals surface area contributed by atoms with Crippen LogP contribution < -0.4 is 10.6 Å². The first kappa shape index (κ1) is 16.1. The Morgan fingerprint density at radius 2 is 1.57 bits per heavy atom. The van der Waals surface area contributed by atoms with E-state index in [4.69, 9.17) is 0 Å². The average Bonchev–Trinajstić information content (AvgIpc) is 2.41.